The molecule has 0 radical (unpaired) electrons. The second-order valence-corrected chi connectivity index (χ2v) is 5.49. The van der Waals surface area contributed by atoms with Crippen molar-refractivity contribution in [2.24, 2.45) is 5.73 Å². The molecular weight excluding hydrogens is 282 g/mol. The third-order valence-electron chi connectivity index (χ3n) is 3.61. The van der Waals surface area contributed by atoms with E-state index in [0.29, 0.717) is 18.0 Å². The average molecular weight is 305 g/mol. The number of hydrogen-bond donors (Lipinski definition) is 2. The van der Waals surface area contributed by atoms with E-state index in [4.69, 9.17) is 10.5 Å². The first-order valence-electron chi connectivity index (χ1n) is 7.62. The van der Waals surface area contributed by atoms with Gasteiger partial charge in [0.15, 0.2) is 6.61 Å². The van der Waals surface area contributed by atoms with Crippen molar-refractivity contribution in [3.63, 3.8) is 0 Å². The molecule has 0 aromatic heterocycles. The van der Waals surface area contributed by atoms with Gasteiger partial charge in [0.25, 0.3) is 5.91 Å². The summed E-state index contributed by atoms with van der Waals surface area (Å²) in [6, 6.07) is 5.33. The first-order valence-corrected chi connectivity index (χ1v) is 7.62. The van der Waals surface area contributed by atoms with Gasteiger partial charge in [-0.25, -0.2) is 0 Å². The van der Waals surface area contributed by atoms with Gasteiger partial charge in [-0.2, -0.15) is 0 Å². The molecule has 1 aromatic carbocycles. The maximum atomic E-state index is 12.1. The van der Waals surface area contributed by atoms with Gasteiger partial charge in [0.05, 0.1) is 5.69 Å². The van der Waals surface area contributed by atoms with Crippen LogP contribution in [0.1, 0.15) is 38.3 Å². The molecule has 0 fully saturated rings. The first-order chi connectivity index (χ1) is 10.5. The lowest BCUT2D eigenvalue weighted by Gasteiger charge is -2.29. The van der Waals surface area contributed by atoms with Crippen LogP contribution in [-0.2, 0) is 9.59 Å². The van der Waals surface area contributed by atoms with Crippen molar-refractivity contribution in [3.8, 4) is 5.75 Å². The summed E-state index contributed by atoms with van der Waals surface area (Å²) in [5, 5.41) is 2.82. The Balaban J connectivity index is 2.16. The van der Waals surface area contributed by atoms with Crippen molar-refractivity contribution >= 4 is 17.5 Å². The van der Waals surface area contributed by atoms with Crippen LogP contribution in [0.5, 0.6) is 5.75 Å². The number of amides is 2. The molecule has 1 atom stereocenters. The summed E-state index contributed by atoms with van der Waals surface area (Å²) in [5.74, 6) is 0.214. The van der Waals surface area contributed by atoms with Crippen LogP contribution in [0.4, 0.5) is 5.69 Å². The SMILES string of the molecule is CCCCNC(=O)CN1C(=O)COc2ccc(C(C)N)cc21. The minimum Gasteiger partial charge on any atom is -0.482 e. The lowest BCUT2D eigenvalue weighted by Crippen LogP contribution is -2.45. The number of ether oxygens (including phenoxy) is 1. The number of hydrogen-bond acceptors (Lipinski definition) is 4. The lowest BCUT2D eigenvalue weighted by molar-refractivity contribution is -0.125. The molecule has 1 heterocycles. The number of unbranched alkanes of at least 4 members (excludes halogenated alkanes) is 1. The fourth-order valence-electron chi connectivity index (χ4n) is 2.28. The maximum Gasteiger partial charge on any atom is 0.265 e. The van der Waals surface area contributed by atoms with E-state index in [1.165, 1.54) is 4.90 Å². The monoisotopic (exact) mass is 305 g/mol. The van der Waals surface area contributed by atoms with E-state index < -0.39 is 0 Å². The van der Waals surface area contributed by atoms with Crippen LogP contribution < -0.4 is 20.7 Å². The Kier molecular flexibility index (Phi) is 5.38. The molecule has 22 heavy (non-hydrogen) atoms. The molecule has 1 aromatic rings. The fourth-order valence-corrected chi connectivity index (χ4v) is 2.28. The van der Waals surface area contributed by atoms with Gasteiger partial charge >= 0.3 is 0 Å². The molecule has 0 aliphatic carbocycles. The van der Waals surface area contributed by atoms with Crippen molar-refractivity contribution < 1.29 is 14.3 Å². The normalized spacial score (nSPS) is 15.0. The summed E-state index contributed by atoms with van der Waals surface area (Å²) in [7, 11) is 0. The van der Waals surface area contributed by atoms with Crippen LogP contribution >= 0.6 is 0 Å². The van der Waals surface area contributed by atoms with Gasteiger partial charge in [0.2, 0.25) is 5.91 Å². The van der Waals surface area contributed by atoms with Gasteiger partial charge in [0, 0.05) is 12.6 Å². The van der Waals surface area contributed by atoms with Crippen molar-refractivity contribution in [1.82, 2.24) is 5.32 Å². The zero-order chi connectivity index (χ0) is 16.1. The van der Waals surface area contributed by atoms with Crippen molar-refractivity contribution in [3.05, 3.63) is 23.8 Å². The highest BCUT2D eigenvalue weighted by Gasteiger charge is 2.27. The Morgan fingerprint density at radius 1 is 1.50 bits per heavy atom. The van der Waals surface area contributed by atoms with Gasteiger partial charge in [-0.15, -0.1) is 0 Å². The Morgan fingerprint density at radius 3 is 2.95 bits per heavy atom. The van der Waals surface area contributed by atoms with Gasteiger partial charge in [-0.1, -0.05) is 19.4 Å². The Morgan fingerprint density at radius 2 is 2.27 bits per heavy atom. The predicted octanol–water partition coefficient (Wildman–Crippen LogP) is 1.35. The molecule has 6 heteroatoms. The Bertz CT molecular complexity index is 558. The molecule has 0 spiro atoms. The van der Waals surface area contributed by atoms with E-state index in [9.17, 15) is 9.59 Å². The Hall–Kier alpha value is -2.08. The molecule has 1 aliphatic heterocycles. The van der Waals surface area contributed by atoms with Crippen molar-refractivity contribution in [2.45, 2.75) is 32.7 Å². The molecule has 120 valence electrons. The topological polar surface area (TPSA) is 84.7 Å². The highest BCUT2D eigenvalue weighted by Crippen LogP contribution is 2.33. The largest absolute Gasteiger partial charge is 0.482 e. The molecular formula is C16H23N3O3. The lowest BCUT2D eigenvalue weighted by atomic mass is 10.1. The standard InChI is InChI=1S/C16H23N3O3/c1-3-4-7-18-15(20)9-19-13-8-12(11(2)17)5-6-14(13)22-10-16(19)21/h5-6,8,11H,3-4,7,9-10,17H2,1-2H3,(H,18,20). The highest BCUT2D eigenvalue weighted by molar-refractivity contribution is 6.02. The summed E-state index contributed by atoms with van der Waals surface area (Å²) in [4.78, 5) is 25.5. The zero-order valence-electron chi connectivity index (χ0n) is 13.1. The number of rotatable bonds is 6. The van der Waals surface area contributed by atoms with E-state index in [0.717, 1.165) is 18.4 Å². The molecule has 1 unspecified atom stereocenters. The predicted molar refractivity (Wildman–Crippen MR) is 84.8 cm³/mol. The third-order valence-corrected chi connectivity index (χ3v) is 3.61. The van der Waals surface area contributed by atoms with Crippen molar-refractivity contribution in [1.29, 1.82) is 0 Å². The molecule has 2 amide bonds. The first kappa shape index (κ1) is 16.3. The highest BCUT2D eigenvalue weighted by atomic mass is 16.5. The number of nitrogens with one attached hydrogen (secondary N) is 1. The van der Waals surface area contributed by atoms with Crippen LogP contribution in [0.15, 0.2) is 18.2 Å². The molecule has 2 rings (SSSR count). The third kappa shape index (κ3) is 3.76. The summed E-state index contributed by atoms with van der Waals surface area (Å²) in [6.45, 7) is 4.51. The molecule has 0 bridgehead atoms. The average Bonchev–Trinajstić information content (AvgIpc) is 2.50. The summed E-state index contributed by atoms with van der Waals surface area (Å²) in [5.41, 5.74) is 7.39. The number of carbonyl (C=O) groups excluding carboxylic acids is 2. The minimum absolute atomic E-state index is 0.00130. The van der Waals surface area contributed by atoms with Gasteiger partial charge in [-0.05, 0) is 31.0 Å². The van der Waals surface area contributed by atoms with E-state index >= 15 is 0 Å². The van der Waals surface area contributed by atoms with Gasteiger partial charge < -0.3 is 15.8 Å². The van der Waals surface area contributed by atoms with E-state index in [1.807, 2.05) is 19.1 Å². The maximum absolute atomic E-state index is 12.1. The van der Waals surface area contributed by atoms with E-state index in [1.54, 1.807) is 6.07 Å². The second kappa shape index (κ2) is 7.26. The summed E-state index contributed by atoms with van der Waals surface area (Å²) >= 11 is 0. The van der Waals surface area contributed by atoms with Crippen LogP contribution in [0.25, 0.3) is 0 Å². The zero-order valence-corrected chi connectivity index (χ0v) is 13.1. The van der Waals surface area contributed by atoms with E-state index in [-0.39, 0.29) is 31.0 Å². The molecule has 0 saturated carbocycles. The van der Waals surface area contributed by atoms with Crippen LogP contribution in [-0.4, -0.2) is 31.5 Å². The number of anilines is 1. The smallest absolute Gasteiger partial charge is 0.265 e. The molecule has 1 aliphatic rings. The van der Waals surface area contributed by atoms with Gasteiger partial charge in [-0.3, -0.25) is 14.5 Å². The molecule has 0 saturated heterocycles. The summed E-state index contributed by atoms with van der Waals surface area (Å²) in [6.07, 6.45) is 1.94. The van der Waals surface area contributed by atoms with Gasteiger partial charge in [0.1, 0.15) is 12.3 Å². The van der Waals surface area contributed by atoms with E-state index in [2.05, 4.69) is 12.2 Å². The number of nitrogens with two attached hydrogens (primary N) is 1. The number of carbonyl (C=O) groups is 2. The van der Waals surface area contributed by atoms with Crippen molar-refractivity contribution in [2.75, 3.05) is 24.6 Å². The fraction of sp³-hybridized carbons (Fsp3) is 0.500. The number of fused-ring (bicyclic) bond motifs is 1. The minimum atomic E-state index is -0.222. The van der Waals surface area contributed by atoms with Crippen LogP contribution in [0, 0.1) is 0 Å². The van der Waals surface area contributed by atoms with Crippen LogP contribution in [0.2, 0.25) is 0 Å². The molecule has 3 N–H and O–H groups in total. The quantitative estimate of drug-likeness (QED) is 0.777. The number of benzene rings is 1. The van der Waals surface area contributed by atoms with Crippen LogP contribution in [0.3, 0.4) is 0 Å². The second-order valence-electron chi connectivity index (χ2n) is 5.49. The molecule has 6 nitrogen and oxygen atoms in total. The number of nitrogens with zero attached hydrogens (tertiary/aromatic N) is 1. The summed E-state index contributed by atoms with van der Waals surface area (Å²) < 4.78 is 5.42. The Labute approximate surface area is 130 Å².